The molecule has 2 N–H and O–H groups in total. The molecule has 0 spiro atoms. The van der Waals surface area contributed by atoms with Crippen molar-refractivity contribution in [1.82, 2.24) is 5.32 Å². The van der Waals surface area contributed by atoms with Crippen molar-refractivity contribution in [3.05, 3.63) is 36.1 Å². The molecule has 3 heteroatoms. The van der Waals surface area contributed by atoms with Gasteiger partial charge >= 0.3 is 0 Å². The van der Waals surface area contributed by atoms with Crippen molar-refractivity contribution in [2.75, 3.05) is 6.61 Å². The number of furan rings is 1. The first-order chi connectivity index (χ1) is 9.35. The van der Waals surface area contributed by atoms with Crippen LogP contribution < -0.4 is 5.32 Å². The molecule has 1 aliphatic carbocycles. The lowest BCUT2D eigenvalue weighted by Crippen LogP contribution is -2.33. The largest absolute Gasteiger partial charge is 0.460 e. The van der Waals surface area contributed by atoms with E-state index in [0.717, 1.165) is 43.6 Å². The van der Waals surface area contributed by atoms with Gasteiger partial charge in [0.15, 0.2) is 0 Å². The summed E-state index contributed by atoms with van der Waals surface area (Å²) in [6, 6.07) is 10.8. The predicted octanol–water partition coefficient (Wildman–Crippen LogP) is 3.07. The molecule has 1 aromatic heterocycles. The zero-order chi connectivity index (χ0) is 13.1. The summed E-state index contributed by atoms with van der Waals surface area (Å²) in [5.41, 5.74) is 0.961. The van der Waals surface area contributed by atoms with E-state index in [4.69, 9.17) is 9.52 Å². The number of para-hydroxylation sites is 1. The summed E-state index contributed by atoms with van der Waals surface area (Å²) in [6.07, 6.45) is 4.58. The number of rotatable bonds is 4. The highest BCUT2D eigenvalue weighted by atomic mass is 16.3. The smallest absolute Gasteiger partial charge is 0.134 e. The number of fused-ring (bicyclic) bond motifs is 1. The Bertz CT molecular complexity index is 493. The van der Waals surface area contributed by atoms with Crippen molar-refractivity contribution in [3.63, 3.8) is 0 Å². The number of benzene rings is 1. The topological polar surface area (TPSA) is 45.4 Å². The summed E-state index contributed by atoms with van der Waals surface area (Å²) in [7, 11) is 0. The average Bonchev–Trinajstić information content (AvgIpc) is 2.88. The molecule has 3 rings (SSSR count). The molecule has 102 valence electrons. The van der Waals surface area contributed by atoms with Gasteiger partial charge in [0.1, 0.15) is 11.3 Å². The second kappa shape index (κ2) is 5.76. The quantitative estimate of drug-likeness (QED) is 0.887. The Morgan fingerprint density at radius 1 is 1.16 bits per heavy atom. The molecule has 0 atom stereocenters. The van der Waals surface area contributed by atoms with Gasteiger partial charge in [-0.2, -0.15) is 0 Å². The first-order valence-corrected chi connectivity index (χ1v) is 7.17. The molecular formula is C16H21NO2. The van der Waals surface area contributed by atoms with Crippen LogP contribution in [0, 0.1) is 5.92 Å². The highest BCUT2D eigenvalue weighted by molar-refractivity contribution is 5.77. The molecule has 3 nitrogen and oxygen atoms in total. The van der Waals surface area contributed by atoms with Gasteiger partial charge < -0.3 is 14.8 Å². The van der Waals surface area contributed by atoms with Gasteiger partial charge in [0.05, 0.1) is 6.54 Å². The zero-order valence-corrected chi connectivity index (χ0v) is 11.1. The molecule has 0 saturated heterocycles. The molecule has 0 radical (unpaired) electrons. The van der Waals surface area contributed by atoms with Crippen LogP contribution >= 0.6 is 0 Å². The van der Waals surface area contributed by atoms with Crippen molar-refractivity contribution < 1.29 is 9.52 Å². The normalized spacial score (nSPS) is 23.8. The summed E-state index contributed by atoms with van der Waals surface area (Å²) in [4.78, 5) is 0. The summed E-state index contributed by atoms with van der Waals surface area (Å²) in [5, 5.41) is 13.9. The van der Waals surface area contributed by atoms with Crippen LogP contribution in [0.3, 0.4) is 0 Å². The van der Waals surface area contributed by atoms with E-state index >= 15 is 0 Å². The SMILES string of the molecule is OCC1CCC(NCc2cc3ccccc3o2)CC1. The Labute approximate surface area is 113 Å². The van der Waals surface area contributed by atoms with Crippen molar-refractivity contribution in [2.24, 2.45) is 5.92 Å². The van der Waals surface area contributed by atoms with E-state index in [0.29, 0.717) is 18.6 Å². The molecule has 0 aliphatic heterocycles. The van der Waals surface area contributed by atoms with Crippen LogP contribution in [-0.2, 0) is 6.54 Å². The molecule has 0 bridgehead atoms. The predicted molar refractivity (Wildman–Crippen MR) is 75.9 cm³/mol. The zero-order valence-electron chi connectivity index (χ0n) is 11.1. The molecule has 1 fully saturated rings. The third-order valence-corrected chi connectivity index (χ3v) is 4.15. The van der Waals surface area contributed by atoms with E-state index in [9.17, 15) is 0 Å². The van der Waals surface area contributed by atoms with E-state index < -0.39 is 0 Å². The van der Waals surface area contributed by atoms with Gasteiger partial charge in [-0.3, -0.25) is 0 Å². The second-order valence-corrected chi connectivity index (χ2v) is 5.53. The Hall–Kier alpha value is -1.32. The highest BCUT2D eigenvalue weighted by Gasteiger charge is 2.20. The van der Waals surface area contributed by atoms with Crippen molar-refractivity contribution in [2.45, 2.75) is 38.3 Å². The fraction of sp³-hybridized carbons (Fsp3) is 0.500. The van der Waals surface area contributed by atoms with Crippen LogP contribution in [-0.4, -0.2) is 17.8 Å². The summed E-state index contributed by atoms with van der Waals surface area (Å²) in [5.74, 6) is 1.52. The van der Waals surface area contributed by atoms with Crippen molar-refractivity contribution in [3.8, 4) is 0 Å². The van der Waals surface area contributed by atoms with Crippen molar-refractivity contribution in [1.29, 1.82) is 0 Å². The van der Waals surface area contributed by atoms with E-state index in [1.165, 1.54) is 5.39 Å². The minimum Gasteiger partial charge on any atom is -0.460 e. The number of aliphatic hydroxyl groups is 1. The van der Waals surface area contributed by atoms with E-state index in [1.54, 1.807) is 0 Å². The van der Waals surface area contributed by atoms with Crippen LogP contribution in [0.25, 0.3) is 11.0 Å². The van der Waals surface area contributed by atoms with Gasteiger partial charge in [-0.1, -0.05) is 18.2 Å². The summed E-state index contributed by atoms with van der Waals surface area (Å²) < 4.78 is 5.80. The molecule has 1 aliphatic rings. The Morgan fingerprint density at radius 2 is 1.95 bits per heavy atom. The number of hydrogen-bond donors (Lipinski definition) is 2. The second-order valence-electron chi connectivity index (χ2n) is 5.53. The number of nitrogens with one attached hydrogen (secondary N) is 1. The third kappa shape index (κ3) is 2.99. The minimum atomic E-state index is 0.344. The van der Waals surface area contributed by atoms with Crippen LogP contribution in [0.2, 0.25) is 0 Å². The van der Waals surface area contributed by atoms with Gasteiger partial charge in [-0.15, -0.1) is 0 Å². The molecule has 0 amide bonds. The van der Waals surface area contributed by atoms with Gasteiger partial charge in [-0.05, 0) is 43.7 Å². The Morgan fingerprint density at radius 3 is 2.68 bits per heavy atom. The van der Waals surface area contributed by atoms with Crippen molar-refractivity contribution >= 4 is 11.0 Å². The number of hydrogen-bond acceptors (Lipinski definition) is 3. The Balaban J connectivity index is 1.55. The molecule has 19 heavy (non-hydrogen) atoms. The average molecular weight is 259 g/mol. The molecule has 1 aromatic carbocycles. The molecule has 1 saturated carbocycles. The first-order valence-electron chi connectivity index (χ1n) is 7.17. The maximum Gasteiger partial charge on any atom is 0.134 e. The van der Waals surface area contributed by atoms with E-state index in [2.05, 4.69) is 17.4 Å². The van der Waals surface area contributed by atoms with Gasteiger partial charge in [-0.25, -0.2) is 0 Å². The highest BCUT2D eigenvalue weighted by Crippen LogP contribution is 2.24. The molecular weight excluding hydrogens is 238 g/mol. The summed E-state index contributed by atoms with van der Waals surface area (Å²) >= 11 is 0. The lowest BCUT2D eigenvalue weighted by Gasteiger charge is -2.27. The first kappa shape index (κ1) is 12.7. The van der Waals surface area contributed by atoms with Gasteiger partial charge in [0.2, 0.25) is 0 Å². The summed E-state index contributed by atoms with van der Waals surface area (Å²) in [6.45, 7) is 1.14. The van der Waals surface area contributed by atoms with Crippen LogP contribution in [0.15, 0.2) is 34.7 Å². The fourth-order valence-electron chi connectivity index (χ4n) is 2.92. The Kier molecular flexibility index (Phi) is 3.85. The van der Waals surface area contributed by atoms with Crippen LogP contribution in [0.1, 0.15) is 31.4 Å². The lowest BCUT2D eigenvalue weighted by molar-refractivity contribution is 0.174. The monoisotopic (exact) mass is 259 g/mol. The van der Waals surface area contributed by atoms with E-state index in [1.807, 2.05) is 18.2 Å². The van der Waals surface area contributed by atoms with E-state index in [-0.39, 0.29) is 0 Å². The third-order valence-electron chi connectivity index (χ3n) is 4.15. The standard InChI is InChI=1S/C16H21NO2/c18-11-12-5-7-14(8-6-12)17-10-15-9-13-3-1-2-4-16(13)19-15/h1-4,9,12,14,17-18H,5-8,10-11H2. The van der Waals surface area contributed by atoms with Gasteiger partial charge in [0, 0.05) is 18.0 Å². The van der Waals surface area contributed by atoms with Crippen LogP contribution in [0.4, 0.5) is 0 Å². The van der Waals surface area contributed by atoms with Gasteiger partial charge in [0.25, 0.3) is 0 Å². The van der Waals surface area contributed by atoms with Crippen LogP contribution in [0.5, 0.6) is 0 Å². The molecule has 1 heterocycles. The maximum atomic E-state index is 9.13. The molecule has 0 unspecified atom stereocenters. The minimum absolute atomic E-state index is 0.344. The maximum absolute atomic E-state index is 9.13. The lowest BCUT2D eigenvalue weighted by atomic mass is 9.86. The fourth-order valence-corrected chi connectivity index (χ4v) is 2.92. The number of aliphatic hydroxyl groups excluding tert-OH is 1. The molecule has 2 aromatic rings.